The minimum atomic E-state index is -0.980. The van der Waals surface area contributed by atoms with Gasteiger partial charge in [0.05, 0.1) is 27.6 Å². The molecule has 0 radical (unpaired) electrons. The van der Waals surface area contributed by atoms with Crippen LogP contribution in [-0.4, -0.2) is 30.6 Å². The van der Waals surface area contributed by atoms with Crippen LogP contribution in [0.4, 0.5) is 11.9 Å². The number of fused-ring (bicyclic) bond motifs is 2. The van der Waals surface area contributed by atoms with Crippen molar-refractivity contribution in [3.05, 3.63) is 47.0 Å². The second-order valence-electron chi connectivity index (χ2n) is 5.37. The molecule has 3 N–H and O–H groups in total. The highest BCUT2D eigenvalue weighted by atomic mass is 35.5. The number of aromatic nitrogens is 4. The van der Waals surface area contributed by atoms with E-state index in [-0.39, 0.29) is 5.56 Å². The first-order chi connectivity index (χ1) is 11.5. The monoisotopic (exact) mass is 341 g/mol. The van der Waals surface area contributed by atoms with Crippen molar-refractivity contribution < 1.29 is 9.90 Å². The van der Waals surface area contributed by atoms with Gasteiger partial charge in [0.15, 0.2) is 0 Å². The first-order valence-corrected chi connectivity index (χ1v) is 7.51. The fraction of sp³-hybridized carbons (Fsp3) is 0.0625. The van der Waals surface area contributed by atoms with Crippen LogP contribution in [0, 0.1) is 0 Å². The molecule has 0 aliphatic rings. The average molecular weight is 342 g/mol. The van der Waals surface area contributed by atoms with Crippen LogP contribution in [0.2, 0.25) is 5.02 Å². The summed E-state index contributed by atoms with van der Waals surface area (Å²) in [4.78, 5) is 23.1. The number of aromatic amines is 1. The van der Waals surface area contributed by atoms with Gasteiger partial charge < -0.3 is 14.7 Å². The molecule has 4 aromatic rings. The quantitative estimate of drug-likeness (QED) is 0.529. The molecular formula is C16H12ClN5O2. The van der Waals surface area contributed by atoms with Crippen LogP contribution in [0.3, 0.4) is 0 Å². The van der Waals surface area contributed by atoms with E-state index in [1.54, 1.807) is 30.3 Å². The standard InChI is InChI=1S/C16H12ClN5O2/c1-22-13-5-2-8(14(23)24)6-12(13)20-16(22)21-15-18-10-4-3-9(17)7-11(10)19-15/h2-7H,1H3,(H,23,24)(H2,18,19,20,21). The maximum atomic E-state index is 11.1. The lowest BCUT2D eigenvalue weighted by atomic mass is 10.2. The molecule has 0 unspecified atom stereocenters. The highest BCUT2D eigenvalue weighted by molar-refractivity contribution is 6.31. The van der Waals surface area contributed by atoms with E-state index in [0.29, 0.717) is 22.4 Å². The van der Waals surface area contributed by atoms with Gasteiger partial charge in [-0.2, -0.15) is 0 Å². The molecule has 2 aromatic carbocycles. The Balaban J connectivity index is 1.75. The molecule has 120 valence electrons. The van der Waals surface area contributed by atoms with Crippen molar-refractivity contribution in [1.82, 2.24) is 19.5 Å². The molecule has 0 fully saturated rings. The number of carboxylic acid groups (broad SMARTS) is 1. The number of aryl methyl sites for hydroxylation is 1. The molecular weight excluding hydrogens is 330 g/mol. The lowest BCUT2D eigenvalue weighted by Crippen LogP contribution is -2.00. The van der Waals surface area contributed by atoms with Crippen LogP contribution in [0.25, 0.3) is 22.1 Å². The summed E-state index contributed by atoms with van der Waals surface area (Å²) in [6, 6.07) is 10.2. The molecule has 4 rings (SSSR count). The van der Waals surface area contributed by atoms with E-state index in [2.05, 4.69) is 20.3 Å². The number of imidazole rings is 2. The van der Waals surface area contributed by atoms with Gasteiger partial charge in [-0.25, -0.2) is 14.8 Å². The Bertz CT molecular complexity index is 1100. The number of hydrogen-bond acceptors (Lipinski definition) is 4. The maximum Gasteiger partial charge on any atom is 0.335 e. The number of rotatable bonds is 3. The molecule has 2 aromatic heterocycles. The van der Waals surface area contributed by atoms with Crippen molar-refractivity contribution in [3.63, 3.8) is 0 Å². The lowest BCUT2D eigenvalue weighted by molar-refractivity contribution is 0.0697. The van der Waals surface area contributed by atoms with E-state index >= 15 is 0 Å². The predicted molar refractivity (Wildman–Crippen MR) is 92.1 cm³/mol. The van der Waals surface area contributed by atoms with Crippen molar-refractivity contribution in [2.45, 2.75) is 0 Å². The SMILES string of the molecule is Cn1c(Nc2nc3ccc(Cl)cc3[nH]2)nc2cc(C(=O)O)ccc21. The number of aromatic carboxylic acids is 1. The Morgan fingerprint density at radius 2 is 2.04 bits per heavy atom. The van der Waals surface area contributed by atoms with Gasteiger partial charge in [-0.1, -0.05) is 11.6 Å². The summed E-state index contributed by atoms with van der Waals surface area (Å²) < 4.78 is 1.83. The number of benzene rings is 2. The molecule has 24 heavy (non-hydrogen) atoms. The summed E-state index contributed by atoms with van der Waals surface area (Å²) in [5.74, 6) is 0.105. The van der Waals surface area contributed by atoms with E-state index in [4.69, 9.17) is 16.7 Å². The van der Waals surface area contributed by atoms with Gasteiger partial charge in [0.25, 0.3) is 0 Å². The largest absolute Gasteiger partial charge is 0.478 e. The van der Waals surface area contributed by atoms with Crippen LogP contribution < -0.4 is 5.32 Å². The number of nitrogens with one attached hydrogen (secondary N) is 2. The molecule has 0 aliphatic carbocycles. The topological polar surface area (TPSA) is 95.8 Å². The van der Waals surface area contributed by atoms with Crippen molar-refractivity contribution in [3.8, 4) is 0 Å². The Kier molecular flexibility index (Phi) is 3.17. The molecule has 0 spiro atoms. The van der Waals surface area contributed by atoms with Gasteiger partial charge in [0.1, 0.15) is 0 Å². The zero-order valence-corrected chi connectivity index (χ0v) is 13.3. The van der Waals surface area contributed by atoms with Crippen LogP contribution >= 0.6 is 11.6 Å². The van der Waals surface area contributed by atoms with Crippen LogP contribution in [0.15, 0.2) is 36.4 Å². The van der Waals surface area contributed by atoms with Crippen LogP contribution in [-0.2, 0) is 7.05 Å². The van der Waals surface area contributed by atoms with Crippen molar-refractivity contribution in [1.29, 1.82) is 0 Å². The molecule has 8 heteroatoms. The fourth-order valence-corrected chi connectivity index (χ4v) is 2.76. The number of anilines is 2. The minimum absolute atomic E-state index is 0.200. The summed E-state index contributed by atoms with van der Waals surface area (Å²) in [7, 11) is 1.84. The van der Waals surface area contributed by atoms with E-state index < -0.39 is 5.97 Å². The van der Waals surface area contributed by atoms with Gasteiger partial charge in [-0.15, -0.1) is 0 Å². The molecule has 0 atom stereocenters. The third-order valence-corrected chi connectivity index (χ3v) is 4.04. The maximum absolute atomic E-state index is 11.1. The smallest absolute Gasteiger partial charge is 0.335 e. The minimum Gasteiger partial charge on any atom is -0.478 e. The highest BCUT2D eigenvalue weighted by Crippen LogP contribution is 2.24. The Morgan fingerprint density at radius 3 is 2.83 bits per heavy atom. The Labute approximate surface area is 140 Å². The lowest BCUT2D eigenvalue weighted by Gasteiger charge is -2.02. The van der Waals surface area contributed by atoms with Crippen molar-refractivity contribution in [2.24, 2.45) is 7.05 Å². The normalized spacial score (nSPS) is 11.2. The summed E-state index contributed by atoms with van der Waals surface area (Å²) in [5.41, 5.74) is 3.22. The molecule has 2 heterocycles. The Hall–Kier alpha value is -3.06. The Morgan fingerprint density at radius 1 is 1.21 bits per heavy atom. The summed E-state index contributed by atoms with van der Waals surface area (Å²) >= 11 is 5.97. The van der Waals surface area contributed by atoms with Gasteiger partial charge in [0.2, 0.25) is 11.9 Å². The van der Waals surface area contributed by atoms with Crippen LogP contribution in [0.5, 0.6) is 0 Å². The molecule has 0 amide bonds. The number of H-pyrrole nitrogens is 1. The number of carboxylic acids is 1. The third-order valence-electron chi connectivity index (χ3n) is 3.80. The molecule has 0 bridgehead atoms. The fourth-order valence-electron chi connectivity index (χ4n) is 2.59. The first-order valence-electron chi connectivity index (χ1n) is 7.13. The van der Waals surface area contributed by atoms with Crippen molar-refractivity contribution >= 4 is 51.5 Å². The average Bonchev–Trinajstić information content (AvgIpc) is 3.08. The molecule has 7 nitrogen and oxygen atoms in total. The third kappa shape index (κ3) is 2.35. The van der Waals surface area contributed by atoms with E-state index in [1.807, 2.05) is 17.7 Å². The summed E-state index contributed by atoms with van der Waals surface area (Å²) in [6.45, 7) is 0. The second kappa shape index (κ2) is 5.24. The molecule has 0 aliphatic heterocycles. The predicted octanol–water partition coefficient (Wildman–Crippen LogP) is 3.54. The summed E-state index contributed by atoms with van der Waals surface area (Å²) in [6.07, 6.45) is 0. The van der Waals surface area contributed by atoms with Gasteiger partial charge in [0, 0.05) is 12.1 Å². The van der Waals surface area contributed by atoms with Gasteiger partial charge in [-0.05, 0) is 36.4 Å². The summed E-state index contributed by atoms with van der Waals surface area (Å²) in [5, 5.41) is 12.8. The van der Waals surface area contributed by atoms with Crippen LogP contribution in [0.1, 0.15) is 10.4 Å². The highest BCUT2D eigenvalue weighted by Gasteiger charge is 2.12. The van der Waals surface area contributed by atoms with E-state index in [9.17, 15) is 4.79 Å². The molecule has 0 saturated heterocycles. The zero-order chi connectivity index (χ0) is 16.8. The zero-order valence-electron chi connectivity index (χ0n) is 12.5. The number of carbonyl (C=O) groups is 1. The second-order valence-corrected chi connectivity index (χ2v) is 5.81. The van der Waals surface area contributed by atoms with Gasteiger partial charge in [-0.3, -0.25) is 5.32 Å². The number of halogens is 1. The number of nitrogens with zero attached hydrogens (tertiary/aromatic N) is 3. The van der Waals surface area contributed by atoms with Crippen molar-refractivity contribution in [2.75, 3.05) is 5.32 Å². The number of hydrogen-bond donors (Lipinski definition) is 3. The first kappa shape index (κ1) is 14.5. The molecule has 0 saturated carbocycles. The van der Waals surface area contributed by atoms with E-state index in [0.717, 1.165) is 16.6 Å². The van der Waals surface area contributed by atoms with E-state index in [1.165, 1.54) is 0 Å². The van der Waals surface area contributed by atoms with Gasteiger partial charge >= 0.3 is 5.97 Å².